The average Bonchev–Trinajstić information content (AvgIpc) is 2.81. The summed E-state index contributed by atoms with van der Waals surface area (Å²) in [5.41, 5.74) is 1.08. The molecule has 0 bridgehead atoms. The van der Waals surface area contributed by atoms with Gasteiger partial charge in [-0.25, -0.2) is 13.0 Å². The predicted octanol–water partition coefficient (Wildman–Crippen LogP) is 2.24. The minimum atomic E-state index is -3.60. The van der Waals surface area contributed by atoms with Gasteiger partial charge in [0.1, 0.15) is 11.4 Å². The lowest BCUT2D eigenvalue weighted by Crippen LogP contribution is -2.30. The van der Waals surface area contributed by atoms with Crippen molar-refractivity contribution in [2.75, 3.05) is 6.54 Å². The summed E-state index contributed by atoms with van der Waals surface area (Å²) in [4.78, 5) is 0.192. The second kappa shape index (κ2) is 5.90. The van der Waals surface area contributed by atoms with E-state index in [0.717, 1.165) is 0 Å². The standard InChI is InChI=1S/C12H14ClN3O3S/c1-3-16(8-12-9(2)14-19-15-12)20(17,18)11-6-4-10(13)5-7-11/h4-7H,3,8H2,1-2H3. The molecule has 0 atom stereocenters. The second-order valence-corrected chi connectivity index (χ2v) is 6.56. The van der Waals surface area contributed by atoms with Gasteiger partial charge in [0.15, 0.2) is 0 Å². The molecule has 0 radical (unpaired) electrons. The van der Waals surface area contributed by atoms with Crippen LogP contribution in [0.4, 0.5) is 0 Å². The van der Waals surface area contributed by atoms with Crippen LogP contribution in [0.15, 0.2) is 33.8 Å². The first-order valence-electron chi connectivity index (χ1n) is 5.99. The number of halogens is 1. The van der Waals surface area contributed by atoms with Gasteiger partial charge in [0, 0.05) is 11.6 Å². The number of rotatable bonds is 5. The molecule has 0 aliphatic rings. The minimum Gasteiger partial charge on any atom is -0.244 e. The zero-order chi connectivity index (χ0) is 14.8. The van der Waals surface area contributed by atoms with Gasteiger partial charge in [-0.05, 0) is 31.2 Å². The molecule has 0 saturated heterocycles. The van der Waals surface area contributed by atoms with E-state index in [-0.39, 0.29) is 11.4 Å². The number of sulfonamides is 1. The summed E-state index contributed by atoms with van der Waals surface area (Å²) >= 11 is 5.77. The Morgan fingerprint density at radius 1 is 1.25 bits per heavy atom. The van der Waals surface area contributed by atoms with Gasteiger partial charge < -0.3 is 0 Å². The van der Waals surface area contributed by atoms with Crippen LogP contribution in [0.2, 0.25) is 5.02 Å². The average molecular weight is 316 g/mol. The lowest BCUT2D eigenvalue weighted by Gasteiger charge is -2.19. The first-order valence-corrected chi connectivity index (χ1v) is 7.80. The van der Waals surface area contributed by atoms with Gasteiger partial charge in [-0.3, -0.25) is 0 Å². The van der Waals surface area contributed by atoms with E-state index < -0.39 is 10.0 Å². The number of aryl methyl sites for hydroxylation is 1. The molecule has 0 amide bonds. The Labute approximate surface area is 122 Å². The molecule has 1 aromatic carbocycles. The van der Waals surface area contributed by atoms with Gasteiger partial charge in [0.2, 0.25) is 10.0 Å². The SMILES string of the molecule is CCN(Cc1nonc1C)S(=O)(=O)c1ccc(Cl)cc1. The normalized spacial score (nSPS) is 12.0. The van der Waals surface area contributed by atoms with Crippen LogP contribution in [0.5, 0.6) is 0 Å². The van der Waals surface area contributed by atoms with Crippen molar-refractivity contribution in [3.05, 3.63) is 40.7 Å². The molecule has 6 nitrogen and oxygen atoms in total. The zero-order valence-corrected chi connectivity index (χ0v) is 12.6. The largest absolute Gasteiger partial charge is 0.244 e. The molecule has 1 aromatic heterocycles. The summed E-state index contributed by atoms with van der Waals surface area (Å²) in [5, 5.41) is 7.85. The van der Waals surface area contributed by atoms with E-state index in [2.05, 4.69) is 14.9 Å². The molecule has 108 valence electrons. The third kappa shape index (κ3) is 3.00. The molecule has 2 aromatic rings. The quantitative estimate of drug-likeness (QED) is 0.845. The molecule has 2 rings (SSSR count). The van der Waals surface area contributed by atoms with Gasteiger partial charge >= 0.3 is 0 Å². The molecule has 1 heterocycles. The molecule has 0 N–H and O–H groups in total. The maximum Gasteiger partial charge on any atom is 0.243 e. The van der Waals surface area contributed by atoms with Crippen molar-refractivity contribution in [2.24, 2.45) is 0 Å². The van der Waals surface area contributed by atoms with Crippen molar-refractivity contribution in [1.82, 2.24) is 14.6 Å². The van der Waals surface area contributed by atoms with Crippen LogP contribution < -0.4 is 0 Å². The van der Waals surface area contributed by atoms with Gasteiger partial charge in [-0.1, -0.05) is 28.8 Å². The van der Waals surface area contributed by atoms with Crippen LogP contribution in [0.1, 0.15) is 18.3 Å². The van der Waals surface area contributed by atoms with E-state index in [1.165, 1.54) is 16.4 Å². The van der Waals surface area contributed by atoms with Crippen molar-refractivity contribution in [3.63, 3.8) is 0 Å². The second-order valence-electron chi connectivity index (χ2n) is 4.18. The zero-order valence-electron chi connectivity index (χ0n) is 11.1. The number of hydrogen-bond donors (Lipinski definition) is 0. The van der Waals surface area contributed by atoms with Crippen LogP contribution >= 0.6 is 11.6 Å². The first-order chi connectivity index (χ1) is 9.45. The van der Waals surface area contributed by atoms with E-state index in [1.807, 2.05) is 0 Å². The van der Waals surface area contributed by atoms with Gasteiger partial charge in [-0.2, -0.15) is 4.31 Å². The first kappa shape index (κ1) is 15.0. The Kier molecular flexibility index (Phi) is 4.42. The fourth-order valence-corrected chi connectivity index (χ4v) is 3.22. The fourth-order valence-electron chi connectivity index (χ4n) is 1.68. The van der Waals surface area contributed by atoms with Crippen LogP contribution in [0.25, 0.3) is 0 Å². The third-order valence-corrected chi connectivity index (χ3v) is 5.06. The van der Waals surface area contributed by atoms with Crippen molar-refractivity contribution < 1.29 is 13.0 Å². The molecular weight excluding hydrogens is 302 g/mol. The van der Waals surface area contributed by atoms with Crippen LogP contribution in [0.3, 0.4) is 0 Å². The molecule has 0 spiro atoms. The van der Waals surface area contributed by atoms with Crippen molar-refractivity contribution in [1.29, 1.82) is 0 Å². The maximum atomic E-state index is 12.5. The minimum absolute atomic E-state index is 0.122. The van der Waals surface area contributed by atoms with E-state index in [9.17, 15) is 8.42 Å². The highest BCUT2D eigenvalue weighted by atomic mass is 35.5. The number of nitrogens with zero attached hydrogens (tertiary/aromatic N) is 3. The topological polar surface area (TPSA) is 76.3 Å². The number of hydrogen-bond acceptors (Lipinski definition) is 5. The van der Waals surface area contributed by atoms with Gasteiger partial charge in [-0.15, -0.1) is 0 Å². The summed E-state index contributed by atoms with van der Waals surface area (Å²) in [6.07, 6.45) is 0. The van der Waals surface area contributed by atoms with E-state index in [4.69, 9.17) is 11.6 Å². The van der Waals surface area contributed by atoms with E-state index >= 15 is 0 Å². The Morgan fingerprint density at radius 3 is 2.40 bits per heavy atom. The highest BCUT2D eigenvalue weighted by Gasteiger charge is 2.25. The highest BCUT2D eigenvalue weighted by Crippen LogP contribution is 2.20. The smallest absolute Gasteiger partial charge is 0.243 e. The highest BCUT2D eigenvalue weighted by molar-refractivity contribution is 7.89. The van der Waals surface area contributed by atoms with Crippen LogP contribution in [-0.4, -0.2) is 29.6 Å². The van der Waals surface area contributed by atoms with Crippen molar-refractivity contribution >= 4 is 21.6 Å². The summed E-state index contributed by atoms with van der Waals surface area (Å²) in [6, 6.07) is 6.05. The van der Waals surface area contributed by atoms with E-state index in [0.29, 0.717) is 23.0 Å². The number of benzene rings is 1. The summed E-state index contributed by atoms with van der Waals surface area (Å²) in [5.74, 6) is 0. The van der Waals surface area contributed by atoms with Crippen LogP contribution in [-0.2, 0) is 16.6 Å². The molecule has 0 saturated carbocycles. The van der Waals surface area contributed by atoms with E-state index in [1.54, 1.807) is 26.0 Å². The Bertz CT molecular complexity index is 682. The van der Waals surface area contributed by atoms with Gasteiger partial charge in [0.05, 0.1) is 11.4 Å². The molecule has 0 aliphatic carbocycles. The Hall–Kier alpha value is -1.44. The maximum absolute atomic E-state index is 12.5. The van der Waals surface area contributed by atoms with Crippen molar-refractivity contribution in [3.8, 4) is 0 Å². The van der Waals surface area contributed by atoms with Crippen LogP contribution in [0, 0.1) is 6.92 Å². The predicted molar refractivity (Wildman–Crippen MR) is 73.8 cm³/mol. The molecule has 0 unspecified atom stereocenters. The Morgan fingerprint density at radius 2 is 1.90 bits per heavy atom. The van der Waals surface area contributed by atoms with Gasteiger partial charge in [0.25, 0.3) is 0 Å². The Balaban J connectivity index is 2.30. The molecule has 0 aliphatic heterocycles. The summed E-state index contributed by atoms with van der Waals surface area (Å²) in [7, 11) is -3.60. The summed E-state index contributed by atoms with van der Waals surface area (Å²) < 4.78 is 30.9. The molecule has 8 heteroatoms. The fraction of sp³-hybridized carbons (Fsp3) is 0.333. The monoisotopic (exact) mass is 315 g/mol. The summed E-state index contributed by atoms with van der Waals surface area (Å²) in [6.45, 7) is 3.92. The number of aromatic nitrogens is 2. The third-order valence-electron chi connectivity index (χ3n) is 2.88. The van der Waals surface area contributed by atoms with Crippen molar-refractivity contribution in [2.45, 2.75) is 25.3 Å². The lowest BCUT2D eigenvalue weighted by atomic mass is 10.3. The molecular formula is C12H14ClN3O3S. The lowest BCUT2D eigenvalue weighted by molar-refractivity contribution is 0.296. The molecule has 20 heavy (non-hydrogen) atoms. The molecule has 0 fully saturated rings.